The SMILES string of the molecule is NNC(CSc1ccc(Br)cc1)Cc1ccc(Br)cn1. The van der Waals surface area contributed by atoms with Crippen LogP contribution >= 0.6 is 43.6 Å². The monoisotopic (exact) mass is 415 g/mol. The summed E-state index contributed by atoms with van der Waals surface area (Å²) in [6, 6.07) is 12.5. The van der Waals surface area contributed by atoms with Crippen molar-refractivity contribution in [1.82, 2.24) is 10.4 Å². The molecule has 0 fully saturated rings. The van der Waals surface area contributed by atoms with Gasteiger partial charge in [0.05, 0.1) is 0 Å². The Labute approximate surface area is 140 Å². The van der Waals surface area contributed by atoms with Crippen LogP contribution in [0.1, 0.15) is 5.69 Å². The lowest BCUT2D eigenvalue weighted by Crippen LogP contribution is -2.38. The van der Waals surface area contributed by atoms with Crippen LogP contribution in [0.3, 0.4) is 0 Å². The first-order chi connectivity index (χ1) is 9.67. The number of thioether (sulfide) groups is 1. The Balaban J connectivity index is 1.88. The Morgan fingerprint density at radius 3 is 2.40 bits per heavy atom. The quantitative estimate of drug-likeness (QED) is 0.427. The molecule has 0 aliphatic heterocycles. The van der Waals surface area contributed by atoms with Gasteiger partial charge >= 0.3 is 0 Å². The summed E-state index contributed by atoms with van der Waals surface area (Å²) in [4.78, 5) is 5.61. The molecule has 0 saturated carbocycles. The van der Waals surface area contributed by atoms with Crippen LogP contribution in [0.5, 0.6) is 0 Å². The molecular formula is C14H15Br2N3S. The van der Waals surface area contributed by atoms with Crippen molar-refractivity contribution in [2.45, 2.75) is 17.4 Å². The van der Waals surface area contributed by atoms with E-state index in [4.69, 9.17) is 5.84 Å². The lowest BCUT2D eigenvalue weighted by Gasteiger charge is -2.15. The van der Waals surface area contributed by atoms with E-state index in [1.165, 1.54) is 4.90 Å². The summed E-state index contributed by atoms with van der Waals surface area (Å²) in [5.41, 5.74) is 3.90. The summed E-state index contributed by atoms with van der Waals surface area (Å²) >= 11 is 8.60. The summed E-state index contributed by atoms with van der Waals surface area (Å²) in [7, 11) is 0. The molecule has 6 heteroatoms. The first-order valence-electron chi connectivity index (χ1n) is 6.12. The van der Waals surface area contributed by atoms with Gasteiger partial charge in [0, 0.05) is 43.9 Å². The Morgan fingerprint density at radius 2 is 1.80 bits per heavy atom. The molecule has 106 valence electrons. The lowest BCUT2D eigenvalue weighted by molar-refractivity contribution is 0.569. The fourth-order valence-electron chi connectivity index (χ4n) is 1.67. The van der Waals surface area contributed by atoms with Gasteiger partial charge in [-0.3, -0.25) is 16.3 Å². The van der Waals surface area contributed by atoms with Gasteiger partial charge in [0.15, 0.2) is 0 Å². The molecule has 0 amide bonds. The minimum Gasteiger partial charge on any atom is -0.271 e. The van der Waals surface area contributed by atoms with Gasteiger partial charge in [0.25, 0.3) is 0 Å². The number of hydrogen-bond donors (Lipinski definition) is 2. The van der Waals surface area contributed by atoms with Crippen LogP contribution in [0.2, 0.25) is 0 Å². The van der Waals surface area contributed by atoms with Gasteiger partial charge in [0.1, 0.15) is 0 Å². The van der Waals surface area contributed by atoms with E-state index in [0.29, 0.717) is 0 Å². The number of nitrogens with one attached hydrogen (secondary N) is 1. The van der Waals surface area contributed by atoms with Crippen molar-refractivity contribution in [2.75, 3.05) is 5.75 Å². The summed E-state index contributed by atoms with van der Waals surface area (Å²) in [5, 5.41) is 0. The van der Waals surface area contributed by atoms with Crippen molar-refractivity contribution < 1.29 is 0 Å². The highest BCUT2D eigenvalue weighted by atomic mass is 79.9. The molecule has 0 saturated heterocycles. The largest absolute Gasteiger partial charge is 0.271 e. The second-order valence-corrected chi connectivity index (χ2v) is 7.23. The molecule has 1 aromatic heterocycles. The highest BCUT2D eigenvalue weighted by molar-refractivity contribution is 9.10. The average molecular weight is 417 g/mol. The third-order valence-corrected chi connectivity index (χ3v) is 4.92. The summed E-state index contributed by atoms with van der Waals surface area (Å²) in [6.45, 7) is 0. The summed E-state index contributed by atoms with van der Waals surface area (Å²) in [6.07, 6.45) is 2.62. The molecule has 0 aliphatic carbocycles. The van der Waals surface area contributed by atoms with E-state index in [9.17, 15) is 0 Å². The van der Waals surface area contributed by atoms with Crippen molar-refractivity contribution in [3.8, 4) is 0 Å². The van der Waals surface area contributed by atoms with Crippen LogP contribution in [0.4, 0.5) is 0 Å². The minimum atomic E-state index is 0.192. The maximum atomic E-state index is 5.63. The van der Waals surface area contributed by atoms with Gasteiger partial charge in [-0.2, -0.15) is 0 Å². The van der Waals surface area contributed by atoms with Gasteiger partial charge in [0.2, 0.25) is 0 Å². The lowest BCUT2D eigenvalue weighted by atomic mass is 10.2. The van der Waals surface area contributed by atoms with Crippen molar-refractivity contribution in [1.29, 1.82) is 0 Å². The molecule has 0 aliphatic rings. The van der Waals surface area contributed by atoms with Crippen LogP contribution in [0.25, 0.3) is 0 Å². The topological polar surface area (TPSA) is 50.9 Å². The van der Waals surface area contributed by atoms with Crippen LogP contribution in [-0.4, -0.2) is 16.8 Å². The molecule has 3 nitrogen and oxygen atoms in total. The van der Waals surface area contributed by atoms with Crippen molar-refractivity contribution in [3.05, 3.63) is 57.2 Å². The number of hydrogen-bond acceptors (Lipinski definition) is 4. The molecular weight excluding hydrogens is 402 g/mol. The number of halogens is 2. The van der Waals surface area contributed by atoms with Crippen molar-refractivity contribution >= 4 is 43.6 Å². The molecule has 1 unspecified atom stereocenters. The van der Waals surface area contributed by atoms with Gasteiger partial charge in [-0.15, -0.1) is 11.8 Å². The van der Waals surface area contributed by atoms with Gasteiger partial charge in [-0.05, 0) is 52.3 Å². The molecule has 0 spiro atoms. The van der Waals surface area contributed by atoms with Crippen LogP contribution in [-0.2, 0) is 6.42 Å². The first-order valence-corrected chi connectivity index (χ1v) is 8.69. The number of hydrazine groups is 1. The van der Waals surface area contributed by atoms with Crippen molar-refractivity contribution in [3.63, 3.8) is 0 Å². The predicted molar refractivity (Wildman–Crippen MR) is 91.6 cm³/mol. The van der Waals surface area contributed by atoms with Gasteiger partial charge < -0.3 is 0 Å². The smallest absolute Gasteiger partial charge is 0.0420 e. The molecule has 2 aromatic rings. The zero-order valence-corrected chi connectivity index (χ0v) is 14.7. The maximum absolute atomic E-state index is 5.63. The van der Waals surface area contributed by atoms with Crippen LogP contribution in [0, 0.1) is 0 Å². The van der Waals surface area contributed by atoms with Crippen LogP contribution in [0.15, 0.2) is 56.4 Å². The van der Waals surface area contributed by atoms with E-state index >= 15 is 0 Å². The van der Waals surface area contributed by atoms with E-state index in [0.717, 1.165) is 26.8 Å². The summed E-state index contributed by atoms with van der Waals surface area (Å²) < 4.78 is 2.08. The van der Waals surface area contributed by atoms with E-state index < -0.39 is 0 Å². The molecule has 3 N–H and O–H groups in total. The first kappa shape index (κ1) is 16.0. The van der Waals surface area contributed by atoms with E-state index in [1.54, 1.807) is 11.8 Å². The number of nitrogens with zero attached hydrogens (tertiary/aromatic N) is 1. The van der Waals surface area contributed by atoms with E-state index in [2.05, 4.69) is 54.4 Å². The maximum Gasteiger partial charge on any atom is 0.0420 e. The zero-order valence-electron chi connectivity index (χ0n) is 10.7. The molecule has 1 aromatic carbocycles. The zero-order chi connectivity index (χ0) is 14.4. The number of benzene rings is 1. The highest BCUT2D eigenvalue weighted by Crippen LogP contribution is 2.22. The third-order valence-electron chi connectivity index (χ3n) is 2.74. The Bertz CT molecular complexity index is 531. The number of aromatic nitrogens is 1. The van der Waals surface area contributed by atoms with E-state index in [1.807, 2.05) is 30.5 Å². The average Bonchev–Trinajstić information content (AvgIpc) is 2.47. The van der Waals surface area contributed by atoms with E-state index in [-0.39, 0.29) is 6.04 Å². The molecule has 0 bridgehead atoms. The molecule has 1 heterocycles. The minimum absolute atomic E-state index is 0.192. The van der Waals surface area contributed by atoms with Crippen molar-refractivity contribution in [2.24, 2.45) is 5.84 Å². The summed E-state index contributed by atoms with van der Waals surface area (Å²) in [5.74, 6) is 6.53. The Hall–Kier alpha value is -0.400. The molecule has 20 heavy (non-hydrogen) atoms. The normalized spacial score (nSPS) is 12.3. The Kier molecular flexibility index (Phi) is 6.51. The van der Waals surface area contributed by atoms with Gasteiger partial charge in [-0.25, -0.2) is 0 Å². The second-order valence-electron chi connectivity index (χ2n) is 4.30. The van der Waals surface area contributed by atoms with Gasteiger partial charge in [-0.1, -0.05) is 15.9 Å². The Morgan fingerprint density at radius 1 is 1.10 bits per heavy atom. The highest BCUT2D eigenvalue weighted by Gasteiger charge is 2.09. The second kappa shape index (κ2) is 8.14. The molecule has 0 radical (unpaired) electrons. The number of nitrogens with two attached hydrogens (primary N) is 1. The standard InChI is InChI=1S/C14H15Br2N3S/c15-10-2-5-14(6-3-10)20-9-13(19-17)7-12-4-1-11(16)8-18-12/h1-6,8,13,19H,7,9,17H2. The predicted octanol–water partition coefficient (Wildman–Crippen LogP) is 3.77. The fourth-order valence-corrected chi connectivity index (χ4v) is 3.11. The fraction of sp³-hybridized carbons (Fsp3) is 0.214. The molecule has 1 atom stereocenters. The third kappa shape index (κ3) is 5.18. The number of pyridine rings is 1. The van der Waals surface area contributed by atoms with Crippen LogP contribution < -0.4 is 11.3 Å². The number of rotatable bonds is 6. The molecule has 2 rings (SSSR count).